The molecule has 0 aliphatic heterocycles. The van der Waals surface area contributed by atoms with Crippen molar-refractivity contribution in [3.05, 3.63) is 23.7 Å². The average molecular weight is 242 g/mol. The summed E-state index contributed by atoms with van der Waals surface area (Å²) < 4.78 is 10.3. The van der Waals surface area contributed by atoms with Crippen LogP contribution in [0.15, 0.2) is 16.5 Å². The van der Waals surface area contributed by atoms with Crippen molar-refractivity contribution >= 4 is 17.3 Å². The number of nitrogens with one attached hydrogen (secondary N) is 2. The van der Waals surface area contributed by atoms with Gasteiger partial charge in [-0.25, -0.2) is 0 Å². The smallest absolute Gasteiger partial charge is 0.166 e. The SMILES string of the molecule is COCCCNC(=S)NCc1ccc(C)o1. The number of furan rings is 1. The second kappa shape index (κ2) is 7.24. The van der Waals surface area contributed by atoms with Gasteiger partial charge in [0.15, 0.2) is 5.11 Å². The predicted octanol–water partition coefficient (Wildman–Crippen LogP) is 1.59. The van der Waals surface area contributed by atoms with Gasteiger partial charge < -0.3 is 19.8 Å². The first-order valence-electron chi connectivity index (χ1n) is 5.28. The third-order valence-electron chi connectivity index (χ3n) is 2.03. The Kier molecular flexibility index (Phi) is 5.88. The van der Waals surface area contributed by atoms with E-state index < -0.39 is 0 Å². The van der Waals surface area contributed by atoms with E-state index in [1.165, 1.54) is 0 Å². The van der Waals surface area contributed by atoms with Crippen LogP contribution in [0.25, 0.3) is 0 Å². The van der Waals surface area contributed by atoms with Crippen LogP contribution in [0.3, 0.4) is 0 Å². The minimum absolute atomic E-state index is 0.615. The van der Waals surface area contributed by atoms with Gasteiger partial charge in [-0.3, -0.25) is 0 Å². The van der Waals surface area contributed by atoms with E-state index >= 15 is 0 Å². The van der Waals surface area contributed by atoms with Crippen LogP contribution >= 0.6 is 12.2 Å². The molecule has 5 heteroatoms. The third kappa shape index (κ3) is 5.14. The number of ether oxygens (including phenoxy) is 1. The summed E-state index contributed by atoms with van der Waals surface area (Å²) in [5, 5.41) is 6.81. The molecule has 0 unspecified atom stereocenters. The Morgan fingerprint density at radius 1 is 1.44 bits per heavy atom. The van der Waals surface area contributed by atoms with Gasteiger partial charge >= 0.3 is 0 Å². The number of methoxy groups -OCH3 is 1. The maximum atomic E-state index is 5.41. The lowest BCUT2D eigenvalue weighted by atomic mass is 10.4. The fourth-order valence-corrected chi connectivity index (χ4v) is 1.40. The maximum Gasteiger partial charge on any atom is 0.166 e. The number of rotatable bonds is 6. The second-order valence-corrected chi connectivity index (χ2v) is 3.88. The predicted molar refractivity (Wildman–Crippen MR) is 67.4 cm³/mol. The van der Waals surface area contributed by atoms with E-state index in [9.17, 15) is 0 Å². The summed E-state index contributed by atoms with van der Waals surface area (Å²) in [6, 6.07) is 3.88. The molecule has 0 saturated heterocycles. The Morgan fingerprint density at radius 3 is 2.88 bits per heavy atom. The van der Waals surface area contributed by atoms with E-state index in [1.54, 1.807) is 7.11 Å². The fourth-order valence-electron chi connectivity index (χ4n) is 1.23. The number of thiocarbonyl (C=S) groups is 1. The Morgan fingerprint density at radius 2 is 2.25 bits per heavy atom. The molecule has 0 spiro atoms. The molecule has 0 aromatic carbocycles. The van der Waals surface area contributed by atoms with Crippen molar-refractivity contribution in [2.75, 3.05) is 20.3 Å². The lowest BCUT2D eigenvalue weighted by Gasteiger charge is -2.08. The third-order valence-corrected chi connectivity index (χ3v) is 2.32. The van der Waals surface area contributed by atoms with E-state index in [0.29, 0.717) is 11.7 Å². The van der Waals surface area contributed by atoms with E-state index in [0.717, 1.165) is 31.1 Å². The molecule has 0 aliphatic rings. The maximum absolute atomic E-state index is 5.41. The van der Waals surface area contributed by atoms with E-state index in [-0.39, 0.29) is 0 Å². The molecule has 1 rings (SSSR count). The number of hydrogen-bond donors (Lipinski definition) is 2. The molecule has 0 radical (unpaired) electrons. The molecule has 1 aromatic rings. The summed E-state index contributed by atoms with van der Waals surface area (Å²) in [7, 11) is 1.69. The number of aryl methyl sites for hydroxylation is 1. The zero-order valence-corrected chi connectivity index (χ0v) is 10.5. The number of hydrogen-bond acceptors (Lipinski definition) is 3. The lowest BCUT2D eigenvalue weighted by Crippen LogP contribution is -2.35. The molecule has 0 saturated carbocycles. The van der Waals surface area contributed by atoms with Crippen molar-refractivity contribution in [3.63, 3.8) is 0 Å². The molecule has 0 aliphatic carbocycles. The minimum atomic E-state index is 0.615. The molecule has 1 heterocycles. The van der Waals surface area contributed by atoms with Crippen LogP contribution in [0.2, 0.25) is 0 Å². The van der Waals surface area contributed by atoms with Crippen LogP contribution in [-0.4, -0.2) is 25.4 Å². The fraction of sp³-hybridized carbons (Fsp3) is 0.545. The van der Waals surface area contributed by atoms with Crippen LogP contribution < -0.4 is 10.6 Å². The topological polar surface area (TPSA) is 46.4 Å². The minimum Gasteiger partial charge on any atom is -0.465 e. The summed E-state index contributed by atoms with van der Waals surface area (Å²) in [6.07, 6.45) is 0.943. The van der Waals surface area contributed by atoms with Crippen LogP contribution in [0, 0.1) is 6.92 Å². The monoisotopic (exact) mass is 242 g/mol. The van der Waals surface area contributed by atoms with Crippen LogP contribution in [0.1, 0.15) is 17.9 Å². The van der Waals surface area contributed by atoms with Gasteiger partial charge in [-0.2, -0.15) is 0 Å². The highest BCUT2D eigenvalue weighted by Crippen LogP contribution is 2.05. The van der Waals surface area contributed by atoms with Gasteiger partial charge in [0.05, 0.1) is 6.54 Å². The zero-order chi connectivity index (χ0) is 11.8. The van der Waals surface area contributed by atoms with Gasteiger partial charge in [-0.15, -0.1) is 0 Å². The highest BCUT2D eigenvalue weighted by molar-refractivity contribution is 7.80. The molecule has 1 aromatic heterocycles. The van der Waals surface area contributed by atoms with Crippen molar-refractivity contribution in [1.29, 1.82) is 0 Å². The summed E-state index contributed by atoms with van der Waals surface area (Å²) >= 11 is 5.10. The highest BCUT2D eigenvalue weighted by Gasteiger charge is 1.99. The quantitative estimate of drug-likeness (QED) is 0.586. The standard InChI is InChI=1S/C11H18N2O2S/c1-9-4-5-10(15-9)8-13-11(16)12-6-3-7-14-2/h4-5H,3,6-8H2,1-2H3,(H2,12,13,16). The zero-order valence-electron chi connectivity index (χ0n) is 9.71. The van der Waals surface area contributed by atoms with Crippen molar-refractivity contribution in [2.24, 2.45) is 0 Å². The van der Waals surface area contributed by atoms with Crippen molar-refractivity contribution in [1.82, 2.24) is 10.6 Å². The lowest BCUT2D eigenvalue weighted by molar-refractivity contribution is 0.195. The molecule has 90 valence electrons. The molecule has 2 N–H and O–H groups in total. The summed E-state index contributed by atoms with van der Waals surface area (Å²) in [5.74, 6) is 1.80. The Bertz CT molecular complexity index is 326. The first-order chi connectivity index (χ1) is 7.72. The normalized spacial score (nSPS) is 10.1. The Balaban J connectivity index is 2.10. The molecule has 16 heavy (non-hydrogen) atoms. The molecule has 0 fully saturated rings. The van der Waals surface area contributed by atoms with E-state index in [1.807, 2.05) is 19.1 Å². The molecular formula is C11H18N2O2S. The molecule has 0 atom stereocenters. The van der Waals surface area contributed by atoms with E-state index in [2.05, 4.69) is 10.6 Å². The van der Waals surface area contributed by atoms with E-state index in [4.69, 9.17) is 21.4 Å². The van der Waals surface area contributed by atoms with Gasteiger partial charge in [0.1, 0.15) is 11.5 Å². The van der Waals surface area contributed by atoms with Crippen LogP contribution in [0.5, 0.6) is 0 Å². The first kappa shape index (κ1) is 13.0. The average Bonchev–Trinajstić information content (AvgIpc) is 2.68. The molecule has 0 amide bonds. The van der Waals surface area contributed by atoms with Gasteiger partial charge in [-0.1, -0.05) is 0 Å². The molecule has 4 nitrogen and oxygen atoms in total. The largest absolute Gasteiger partial charge is 0.465 e. The summed E-state index contributed by atoms with van der Waals surface area (Å²) in [4.78, 5) is 0. The van der Waals surface area contributed by atoms with Gasteiger partial charge in [0.2, 0.25) is 0 Å². The van der Waals surface area contributed by atoms with Gasteiger partial charge in [0, 0.05) is 20.3 Å². The van der Waals surface area contributed by atoms with Crippen LogP contribution in [0.4, 0.5) is 0 Å². The van der Waals surface area contributed by atoms with Crippen molar-refractivity contribution in [2.45, 2.75) is 19.9 Å². The van der Waals surface area contributed by atoms with Crippen molar-refractivity contribution in [3.8, 4) is 0 Å². The molecule has 0 bridgehead atoms. The Hall–Kier alpha value is -1.07. The van der Waals surface area contributed by atoms with Gasteiger partial charge in [-0.05, 0) is 37.7 Å². The van der Waals surface area contributed by atoms with Crippen LogP contribution in [-0.2, 0) is 11.3 Å². The first-order valence-corrected chi connectivity index (χ1v) is 5.69. The highest BCUT2D eigenvalue weighted by atomic mass is 32.1. The Labute approximate surface area is 101 Å². The second-order valence-electron chi connectivity index (χ2n) is 3.47. The molecular weight excluding hydrogens is 224 g/mol. The summed E-state index contributed by atoms with van der Waals surface area (Å²) in [5.41, 5.74) is 0. The summed E-state index contributed by atoms with van der Waals surface area (Å²) in [6.45, 7) is 4.10. The van der Waals surface area contributed by atoms with Gasteiger partial charge in [0.25, 0.3) is 0 Å². The van der Waals surface area contributed by atoms with Crippen molar-refractivity contribution < 1.29 is 9.15 Å².